The Morgan fingerprint density at radius 3 is 2.35 bits per heavy atom. The van der Waals surface area contributed by atoms with E-state index in [9.17, 15) is 20.1 Å². The Kier molecular flexibility index (Phi) is 7.81. The molecular weight excluding hydrogens is 492 g/mol. The van der Waals surface area contributed by atoms with Gasteiger partial charge in [0.1, 0.15) is 17.5 Å². The second-order valence-corrected chi connectivity index (χ2v) is 8.69. The molecular formula is C27H23ClN6O3. The third-order valence-corrected chi connectivity index (χ3v) is 5.84. The van der Waals surface area contributed by atoms with E-state index in [1.54, 1.807) is 36.4 Å². The molecule has 2 N–H and O–H groups in total. The number of ketones is 1. The Bertz CT molecular complexity index is 1460. The summed E-state index contributed by atoms with van der Waals surface area (Å²) in [6, 6.07) is 19.0. The van der Waals surface area contributed by atoms with Gasteiger partial charge < -0.3 is 15.8 Å². The first-order valence-corrected chi connectivity index (χ1v) is 11.9. The molecule has 186 valence electrons. The van der Waals surface area contributed by atoms with Crippen LogP contribution >= 0.6 is 11.6 Å². The number of aromatic nitrogens is 3. The van der Waals surface area contributed by atoms with E-state index in [1.165, 1.54) is 29.2 Å². The van der Waals surface area contributed by atoms with Crippen molar-refractivity contribution in [1.82, 2.24) is 15.1 Å². The van der Waals surface area contributed by atoms with Gasteiger partial charge in [-0.15, -0.1) is 0 Å². The average Bonchev–Trinajstić information content (AvgIpc) is 3.27. The van der Waals surface area contributed by atoms with Gasteiger partial charge in [-0.3, -0.25) is 9.59 Å². The van der Waals surface area contributed by atoms with Crippen molar-refractivity contribution in [3.63, 3.8) is 0 Å². The second kappa shape index (κ2) is 11.4. The van der Waals surface area contributed by atoms with Crippen molar-refractivity contribution in [3.8, 4) is 11.8 Å². The van der Waals surface area contributed by atoms with Gasteiger partial charge in [0.15, 0.2) is 18.1 Å². The molecule has 9 nitrogen and oxygen atoms in total. The first-order chi connectivity index (χ1) is 17.9. The highest BCUT2D eigenvalue weighted by molar-refractivity contribution is 6.30. The number of carbonyl (C=O) groups excluding carboxylic acids is 2. The molecule has 0 saturated carbocycles. The minimum Gasteiger partial charge on any atom is -0.619 e. The van der Waals surface area contributed by atoms with E-state index >= 15 is 0 Å². The number of anilines is 1. The number of carbonyl (C=O) groups is 2. The largest absolute Gasteiger partial charge is 0.619 e. The summed E-state index contributed by atoms with van der Waals surface area (Å²) in [5.41, 5.74) is 2.61. The summed E-state index contributed by atoms with van der Waals surface area (Å²) < 4.78 is 2.12. The lowest BCUT2D eigenvalue weighted by molar-refractivity contribution is -0.605. The van der Waals surface area contributed by atoms with E-state index in [1.807, 2.05) is 19.1 Å². The van der Waals surface area contributed by atoms with Gasteiger partial charge in [0.05, 0.1) is 11.3 Å². The van der Waals surface area contributed by atoms with E-state index < -0.39 is 0 Å². The summed E-state index contributed by atoms with van der Waals surface area (Å²) in [7, 11) is 0. The average molecular weight is 515 g/mol. The number of nitrogens with zero attached hydrogens (tertiary/aromatic N) is 4. The van der Waals surface area contributed by atoms with Gasteiger partial charge >= 0.3 is 0 Å². The molecule has 1 amide bonds. The van der Waals surface area contributed by atoms with Gasteiger partial charge in [-0.25, -0.2) is 4.68 Å². The Morgan fingerprint density at radius 1 is 1.03 bits per heavy atom. The Labute approximate surface area is 218 Å². The third kappa shape index (κ3) is 5.94. The number of hydrogen-bond acceptors (Lipinski definition) is 6. The monoisotopic (exact) mass is 514 g/mol. The number of nitrogens with one attached hydrogen (secondary N) is 2. The molecule has 2 aromatic heterocycles. The maximum atomic E-state index is 13.3. The van der Waals surface area contributed by atoms with Crippen molar-refractivity contribution in [3.05, 3.63) is 111 Å². The molecule has 0 fully saturated rings. The van der Waals surface area contributed by atoms with Gasteiger partial charge in [0, 0.05) is 35.8 Å². The van der Waals surface area contributed by atoms with Gasteiger partial charge in [-0.2, -0.15) is 15.1 Å². The quantitative estimate of drug-likeness (QED) is 0.151. The Balaban J connectivity index is 1.53. The van der Waals surface area contributed by atoms with Crippen LogP contribution in [0.2, 0.25) is 5.02 Å². The van der Waals surface area contributed by atoms with E-state index in [-0.39, 0.29) is 22.9 Å². The van der Waals surface area contributed by atoms with Gasteiger partial charge in [-0.1, -0.05) is 41.4 Å². The lowest BCUT2D eigenvalue weighted by Crippen LogP contribution is -2.28. The number of rotatable bonds is 9. The molecule has 0 unspecified atom stereocenters. The van der Waals surface area contributed by atoms with E-state index in [2.05, 4.69) is 21.8 Å². The first-order valence-electron chi connectivity index (χ1n) is 11.5. The molecule has 0 radical (unpaired) electrons. The van der Waals surface area contributed by atoms with Crippen LogP contribution in [0.1, 0.15) is 44.0 Å². The number of hydrogen-bond donors (Lipinski definition) is 2. The first kappa shape index (κ1) is 25.4. The summed E-state index contributed by atoms with van der Waals surface area (Å²) in [6.45, 7) is 2.67. The molecule has 37 heavy (non-hydrogen) atoms. The number of benzene rings is 2. The maximum Gasteiger partial charge on any atom is 0.251 e. The fourth-order valence-corrected chi connectivity index (χ4v) is 3.75. The van der Waals surface area contributed by atoms with Crippen LogP contribution in [0.15, 0.2) is 73.1 Å². The summed E-state index contributed by atoms with van der Waals surface area (Å²) in [4.78, 5) is 25.5. The molecule has 0 aliphatic rings. The van der Waals surface area contributed by atoms with Gasteiger partial charge in [0.25, 0.3) is 5.91 Å². The van der Waals surface area contributed by atoms with Crippen molar-refractivity contribution in [2.45, 2.75) is 13.3 Å². The molecule has 10 heteroatoms. The molecule has 0 atom stereocenters. The number of aryl methyl sites for hydroxylation is 1. The zero-order valence-electron chi connectivity index (χ0n) is 19.9. The smallest absolute Gasteiger partial charge is 0.251 e. The molecule has 4 aromatic rings. The lowest BCUT2D eigenvalue weighted by atomic mass is 10.0. The van der Waals surface area contributed by atoms with Crippen LogP contribution in [0.5, 0.6) is 0 Å². The van der Waals surface area contributed by atoms with E-state index in [0.29, 0.717) is 51.9 Å². The van der Waals surface area contributed by atoms with Crippen LogP contribution in [0.3, 0.4) is 0 Å². The predicted molar refractivity (Wildman–Crippen MR) is 139 cm³/mol. The number of amides is 1. The summed E-state index contributed by atoms with van der Waals surface area (Å²) in [5, 5.41) is 32.1. The van der Waals surface area contributed by atoms with Crippen LogP contribution in [0.25, 0.3) is 5.69 Å². The van der Waals surface area contributed by atoms with Crippen LogP contribution in [-0.4, -0.2) is 34.6 Å². The topological polar surface area (TPSA) is 127 Å². The van der Waals surface area contributed by atoms with Crippen LogP contribution in [0, 0.1) is 23.5 Å². The number of nitriles is 1. The standard InChI is InChI=1S/C27H23ClN6O3/c1-18-3-5-19(6-4-18)25(35)24-23(17-29)26(34(32-24)22-9-7-21(28)8-10-22)30-13-2-14-31-27(36)20-11-15-33(37)16-12-20/h3-12,15-16,30H,2,13-14H2,1H3,(H,31,36). The highest BCUT2D eigenvalue weighted by atomic mass is 35.5. The van der Waals surface area contributed by atoms with Gasteiger partial charge in [-0.05, 0) is 37.6 Å². The van der Waals surface area contributed by atoms with Crippen molar-refractivity contribution in [2.24, 2.45) is 0 Å². The SMILES string of the molecule is Cc1ccc(C(=O)c2nn(-c3ccc(Cl)cc3)c(NCCCNC(=O)c3cc[n+]([O-])cc3)c2C#N)cc1. The number of halogens is 1. The van der Waals surface area contributed by atoms with Crippen molar-refractivity contribution >= 4 is 29.1 Å². The molecule has 4 rings (SSSR count). The number of pyridine rings is 1. The fraction of sp³-hybridized carbons (Fsp3) is 0.148. The molecule has 0 aliphatic carbocycles. The highest BCUT2D eigenvalue weighted by Gasteiger charge is 2.25. The molecule has 2 aromatic carbocycles. The van der Waals surface area contributed by atoms with Crippen molar-refractivity contribution < 1.29 is 14.3 Å². The van der Waals surface area contributed by atoms with Crippen molar-refractivity contribution in [1.29, 1.82) is 5.26 Å². The molecule has 0 saturated heterocycles. The predicted octanol–water partition coefficient (Wildman–Crippen LogP) is 3.80. The Morgan fingerprint density at radius 2 is 1.70 bits per heavy atom. The van der Waals surface area contributed by atoms with E-state index in [4.69, 9.17) is 11.6 Å². The minimum absolute atomic E-state index is 0.0387. The lowest BCUT2D eigenvalue weighted by Gasteiger charge is -2.11. The molecule has 0 spiro atoms. The minimum atomic E-state index is -0.359. The van der Waals surface area contributed by atoms with Crippen LogP contribution < -0.4 is 15.4 Å². The Hall–Kier alpha value is -4.68. The highest BCUT2D eigenvalue weighted by Crippen LogP contribution is 2.26. The zero-order valence-corrected chi connectivity index (χ0v) is 20.7. The summed E-state index contributed by atoms with van der Waals surface area (Å²) in [6.07, 6.45) is 3.04. The fourth-order valence-electron chi connectivity index (χ4n) is 3.62. The van der Waals surface area contributed by atoms with Crippen LogP contribution in [-0.2, 0) is 0 Å². The van der Waals surface area contributed by atoms with E-state index in [0.717, 1.165) is 5.56 Å². The molecule has 2 heterocycles. The summed E-state index contributed by atoms with van der Waals surface area (Å²) in [5.74, 6) is -0.285. The maximum absolute atomic E-state index is 13.3. The normalized spacial score (nSPS) is 10.5. The van der Waals surface area contributed by atoms with Crippen LogP contribution in [0.4, 0.5) is 5.82 Å². The second-order valence-electron chi connectivity index (χ2n) is 8.25. The summed E-state index contributed by atoms with van der Waals surface area (Å²) >= 11 is 6.04. The zero-order chi connectivity index (χ0) is 26.4. The molecule has 0 aliphatic heterocycles. The van der Waals surface area contributed by atoms with Gasteiger partial charge in [0.2, 0.25) is 5.78 Å². The molecule has 0 bridgehead atoms. The third-order valence-electron chi connectivity index (χ3n) is 5.59. The van der Waals surface area contributed by atoms with Crippen molar-refractivity contribution in [2.75, 3.05) is 18.4 Å².